The van der Waals surface area contributed by atoms with Gasteiger partial charge in [-0.15, -0.1) is 0 Å². The van der Waals surface area contributed by atoms with Crippen LogP contribution in [0.2, 0.25) is 0 Å². The number of ether oxygens (including phenoxy) is 1. The van der Waals surface area contributed by atoms with Gasteiger partial charge in [0.2, 0.25) is 11.9 Å². The predicted octanol–water partition coefficient (Wildman–Crippen LogP) is 4.34. The number of methoxy groups -OCH3 is 1. The summed E-state index contributed by atoms with van der Waals surface area (Å²) in [6, 6.07) is 22.4. The fourth-order valence-electron chi connectivity index (χ4n) is 3.66. The average Bonchev–Trinajstić information content (AvgIpc) is 2.83. The Morgan fingerprint density at radius 3 is 2.69 bits per heavy atom. The molecule has 1 aliphatic heterocycles. The zero-order chi connectivity index (χ0) is 22.1. The molecule has 0 atom stereocenters. The van der Waals surface area contributed by atoms with Gasteiger partial charge in [-0.25, -0.2) is 4.98 Å². The van der Waals surface area contributed by atoms with E-state index in [-0.39, 0.29) is 12.5 Å². The minimum absolute atomic E-state index is 0.122. The summed E-state index contributed by atoms with van der Waals surface area (Å²) >= 11 is 0. The van der Waals surface area contributed by atoms with Gasteiger partial charge < -0.3 is 20.3 Å². The van der Waals surface area contributed by atoms with Gasteiger partial charge in [0.15, 0.2) is 0 Å². The highest BCUT2D eigenvalue weighted by atomic mass is 16.5. The number of fused-ring (bicyclic) bond motifs is 2. The molecule has 1 amide bonds. The molecule has 0 radical (unpaired) electrons. The zero-order valence-electron chi connectivity index (χ0n) is 17.2. The van der Waals surface area contributed by atoms with Crippen molar-refractivity contribution in [2.24, 2.45) is 0 Å². The van der Waals surface area contributed by atoms with E-state index < -0.39 is 0 Å². The summed E-state index contributed by atoms with van der Waals surface area (Å²) < 4.78 is 5.30. The number of para-hydroxylation sites is 1. The fourth-order valence-corrected chi connectivity index (χ4v) is 3.66. The molecule has 0 bridgehead atoms. The van der Waals surface area contributed by atoms with E-state index in [0.29, 0.717) is 28.8 Å². The maximum absolute atomic E-state index is 12.5. The van der Waals surface area contributed by atoms with E-state index in [4.69, 9.17) is 15.0 Å². The lowest BCUT2D eigenvalue weighted by molar-refractivity contribution is -0.115. The molecule has 0 unspecified atom stereocenters. The summed E-state index contributed by atoms with van der Waals surface area (Å²) in [7, 11) is 1.59. The lowest BCUT2D eigenvalue weighted by Crippen LogP contribution is -2.35. The molecule has 4 aromatic rings. The zero-order valence-corrected chi connectivity index (χ0v) is 17.2. The molecular formula is C24H18N6O2. The Bertz CT molecular complexity index is 1380. The van der Waals surface area contributed by atoms with Crippen LogP contribution in [-0.2, 0) is 4.79 Å². The van der Waals surface area contributed by atoms with Crippen molar-refractivity contribution in [3.05, 3.63) is 72.3 Å². The van der Waals surface area contributed by atoms with E-state index in [0.717, 1.165) is 22.3 Å². The largest absolute Gasteiger partial charge is 0.497 e. The summed E-state index contributed by atoms with van der Waals surface area (Å²) in [6.07, 6.45) is 0. The topological polar surface area (TPSA) is 103 Å². The van der Waals surface area contributed by atoms with E-state index in [1.54, 1.807) is 37.4 Å². The van der Waals surface area contributed by atoms with Crippen LogP contribution in [0.3, 0.4) is 0 Å². The molecule has 5 rings (SSSR count). The Morgan fingerprint density at radius 1 is 1.09 bits per heavy atom. The quantitative estimate of drug-likeness (QED) is 0.504. The third kappa shape index (κ3) is 3.52. The highest BCUT2D eigenvalue weighted by molar-refractivity contribution is 6.06. The van der Waals surface area contributed by atoms with Crippen molar-refractivity contribution >= 4 is 45.6 Å². The van der Waals surface area contributed by atoms with Crippen LogP contribution in [0.25, 0.3) is 10.9 Å². The molecule has 0 spiro atoms. The molecule has 1 aliphatic rings. The Hall–Kier alpha value is -4.64. The van der Waals surface area contributed by atoms with Crippen LogP contribution in [0.1, 0.15) is 5.56 Å². The van der Waals surface area contributed by atoms with Gasteiger partial charge in [-0.2, -0.15) is 10.2 Å². The van der Waals surface area contributed by atoms with Crippen LogP contribution in [0.15, 0.2) is 66.7 Å². The van der Waals surface area contributed by atoms with Crippen LogP contribution in [0.5, 0.6) is 5.75 Å². The number of hydrogen-bond acceptors (Lipinski definition) is 7. The molecule has 3 aromatic carbocycles. The summed E-state index contributed by atoms with van der Waals surface area (Å²) in [5, 5.41) is 15.9. The average molecular weight is 422 g/mol. The van der Waals surface area contributed by atoms with Gasteiger partial charge in [0.1, 0.15) is 18.1 Å². The second kappa shape index (κ2) is 7.89. The predicted molar refractivity (Wildman–Crippen MR) is 123 cm³/mol. The molecule has 2 N–H and O–H groups in total. The number of carbonyl (C=O) groups excluding carboxylic acids is 1. The highest BCUT2D eigenvalue weighted by Crippen LogP contribution is 2.39. The Balaban J connectivity index is 1.62. The number of aromatic nitrogens is 2. The third-order valence-corrected chi connectivity index (χ3v) is 5.18. The van der Waals surface area contributed by atoms with Crippen LogP contribution in [-0.4, -0.2) is 29.5 Å². The fraction of sp³-hybridized carbons (Fsp3) is 0.0833. The summed E-state index contributed by atoms with van der Waals surface area (Å²) in [6.45, 7) is 0.122. The van der Waals surface area contributed by atoms with Crippen LogP contribution in [0, 0.1) is 11.3 Å². The summed E-state index contributed by atoms with van der Waals surface area (Å²) in [5.74, 6) is 1.52. The lowest BCUT2D eigenvalue weighted by atomic mass is 10.1. The van der Waals surface area contributed by atoms with Gasteiger partial charge in [0, 0.05) is 17.1 Å². The van der Waals surface area contributed by atoms with E-state index in [1.807, 2.05) is 41.3 Å². The number of rotatable bonds is 4. The molecule has 156 valence electrons. The van der Waals surface area contributed by atoms with Crippen LogP contribution >= 0.6 is 0 Å². The first kappa shape index (κ1) is 19.3. The SMILES string of the molecule is COc1ccc2c(c1)NC(=O)CN2c1nc(Nc2ccc(C#N)cc2)nc2ccccc12. The smallest absolute Gasteiger partial charge is 0.244 e. The standard InChI is InChI=1S/C24H18N6O2/c1-32-17-10-11-21-20(12-17)27-22(31)14-30(21)23-18-4-2-3-5-19(18)28-24(29-23)26-16-8-6-15(13-25)7-9-16/h2-12H,14H2,1H3,(H,27,31)(H,26,28,29). The van der Waals surface area contributed by atoms with Crippen LogP contribution < -0.4 is 20.3 Å². The maximum Gasteiger partial charge on any atom is 0.244 e. The van der Waals surface area contributed by atoms with Crippen molar-refractivity contribution in [3.8, 4) is 11.8 Å². The number of carbonyl (C=O) groups is 1. The van der Waals surface area contributed by atoms with E-state index in [2.05, 4.69) is 21.7 Å². The monoisotopic (exact) mass is 422 g/mol. The molecule has 0 saturated heterocycles. The molecule has 0 aliphatic carbocycles. The van der Waals surface area contributed by atoms with Crippen molar-refractivity contribution < 1.29 is 9.53 Å². The van der Waals surface area contributed by atoms with E-state index in [1.165, 1.54) is 0 Å². The van der Waals surface area contributed by atoms with Gasteiger partial charge in [-0.3, -0.25) is 4.79 Å². The molecular weight excluding hydrogens is 404 g/mol. The molecule has 2 heterocycles. The minimum Gasteiger partial charge on any atom is -0.497 e. The van der Waals surface area contributed by atoms with Crippen LogP contribution in [0.4, 0.5) is 28.8 Å². The molecule has 1 aromatic heterocycles. The molecule has 8 nitrogen and oxygen atoms in total. The normalized spacial score (nSPS) is 12.6. The van der Waals surface area contributed by atoms with Crippen molar-refractivity contribution in [3.63, 3.8) is 0 Å². The Morgan fingerprint density at radius 2 is 1.91 bits per heavy atom. The molecule has 8 heteroatoms. The second-order valence-electron chi connectivity index (χ2n) is 7.22. The van der Waals surface area contributed by atoms with Gasteiger partial charge in [-0.1, -0.05) is 12.1 Å². The van der Waals surface area contributed by atoms with Gasteiger partial charge in [0.25, 0.3) is 0 Å². The number of nitriles is 1. The molecule has 0 saturated carbocycles. The van der Waals surface area contributed by atoms with Crippen molar-refractivity contribution in [1.29, 1.82) is 5.26 Å². The molecule has 0 fully saturated rings. The lowest BCUT2D eigenvalue weighted by Gasteiger charge is -2.31. The summed E-state index contributed by atoms with van der Waals surface area (Å²) in [4.78, 5) is 23.8. The van der Waals surface area contributed by atoms with E-state index in [9.17, 15) is 4.79 Å². The van der Waals surface area contributed by atoms with Gasteiger partial charge in [-0.05, 0) is 48.5 Å². The first-order valence-corrected chi connectivity index (χ1v) is 9.94. The number of anilines is 5. The molecule has 32 heavy (non-hydrogen) atoms. The number of nitrogens with zero attached hydrogens (tertiary/aromatic N) is 4. The van der Waals surface area contributed by atoms with E-state index >= 15 is 0 Å². The first-order valence-electron chi connectivity index (χ1n) is 9.94. The summed E-state index contributed by atoms with van der Waals surface area (Å²) in [5.41, 5.74) is 3.55. The highest BCUT2D eigenvalue weighted by Gasteiger charge is 2.26. The Labute approximate surface area is 184 Å². The first-order chi connectivity index (χ1) is 15.6. The van der Waals surface area contributed by atoms with Gasteiger partial charge >= 0.3 is 0 Å². The maximum atomic E-state index is 12.5. The second-order valence-corrected chi connectivity index (χ2v) is 7.22. The van der Waals surface area contributed by atoms with Crippen molar-refractivity contribution in [2.45, 2.75) is 0 Å². The van der Waals surface area contributed by atoms with Gasteiger partial charge in [0.05, 0.1) is 35.6 Å². The minimum atomic E-state index is -0.143. The Kier molecular flexibility index (Phi) is 4.76. The van der Waals surface area contributed by atoms with Crippen molar-refractivity contribution in [2.75, 3.05) is 29.2 Å². The number of hydrogen-bond donors (Lipinski definition) is 2. The number of benzene rings is 3. The third-order valence-electron chi connectivity index (χ3n) is 5.18. The number of nitrogens with one attached hydrogen (secondary N) is 2. The van der Waals surface area contributed by atoms with Crippen molar-refractivity contribution in [1.82, 2.24) is 9.97 Å². The number of amides is 1.